The minimum absolute atomic E-state index is 0.577. The lowest BCUT2D eigenvalue weighted by atomic mass is 9.93. The Balaban J connectivity index is 2.24. The van der Waals surface area contributed by atoms with Gasteiger partial charge in [-0.2, -0.15) is 10.4 Å². The van der Waals surface area contributed by atoms with Crippen molar-refractivity contribution in [2.24, 2.45) is 7.05 Å². The molecule has 5 nitrogen and oxygen atoms in total. The van der Waals surface area contributed by atoms with Crippen molar-refractivity contribution in [1.29, 1.82) is 5.26 Å². The van der Waals surface area contributed by atoms with E-state index in [0.29, 0.717) is 5.75 Å². The van der Waals surface area contributed by atoms with Crippen molar-refractivity contribution in [2.45, 2.75) is 17.6 Å². The highest BCUT2D eigenvalue weighted by Gasteiger charge is 2.31. The van der Waals surface area contributed by atoms with E-state index in [-0.39, 0.29) is 0 Å². The van der Waals surface area contributed by atoms with E-state index in [2.05, 4.69) is 21.5 Å². The first-order chi connectivity index (χ1) is 9.72. The molecular formula is C14H17N5S. The molecule has 6 heteroatoms. The Morgan fingerprint density at radius 3 is 2.70 bits per heavy atom. The minimum atomic E-state index is -0.716. The summed E-state index contributed by atoms with van der Waals surface area (Å²) in [6.07, 6.45) is 1.52. The fourth-order valence-electron chi connectivity index (χ4n) is 1.99. The smallest absolute Gasteiger partial charge is 0.185 e. The molecule has 0 saturated heterocycles. The number of nitriles is 1. The Hall–Kier alpha value is -1.84. The van der Waals surface area contributed by atoms with Gasteiger partial charge in [0.25, 0.3) is 0 Å². The number of hydrogen-bond acceptors (Lipinski definition) is 5. The normalized spacial score (nSPS) is 13.7. The largest absolute Gasteiger partial charge is 0.295 e. The zero-order valence-electron chi connectivity index (χ0n) is 11.6. The maximum atomic E-state index is 9.69. The summed E-state index contributed by atoms with van der Waals surface area (Å²) < 4.78 is 1.71. The summed E-state index contributed by atoms with van der Waals surface area (Å²) >= 11 is 1.52. The van der Waals surface area contributed by atoms with Crippen LogP contribution < -0.4 is 5.32 Å². The maximum Gasteiger partial charge on any atom is 0.185 e. The van der Waals surface area contributed by atoms with Gasteiger partial charge in [-0.1, -0.05) is 49.0 Å². The van der Waals surface area contributed by atoms with E-state index in [0.717, 1.165) is 17.3 Å². The number of rotatable bonds is 6. The van der Waals surface area contributed by atoms with Crippen LogP contribution in [0.15, 0.2) is 41.8 Å². The lowest BCUT2D eigenvalue weighted by Crippen LogP contribution is -2.43. The second-order valence-electron chi connectivity index (χ2n) is 4.37. The van der Waals surface area contributed by atoms with Crippen LogP contribution in [-0.2, 0) is 12.6 Å². The summed E-state index contributed by atoms with van der Waals surface area (Å²) in [6.45, 7) is 2.73. The zero-order chi connectivity index (χ0) is 14.4. The summed E-state index contributed by atoms with van der Waals surface area (Å²) in [5.74, 6) is 0.577. The molecule has 1 unspecified atom stereocenters. The standard InChI is InChI=1S/C14H17N5S/c1-3-17-14(9-15,12-7-5-4-6-8-12)10-20-13-16-11-18-19(13)2/h4-8,11,17H,3,10H2,1-2H3. The SMILES string of the molecule is CCNC(C#N)(CSc1ncnn1C)c1ccccc1. The Morgan fingerprint density at radius 1 is 1.40 bits per heavy atom. The summed E-state index contributed by atoms with van der Waals surface area (Å²) in [4.78, 5) is 4.18. The second kappa shape index (κ2) is 6.55. The van der Waals surface area contributed by atoms with Crippen molar-refractivity contribution >= 4 is 11.8 Å². The fourth-order valence-corrected chi connectivity index (χ4v) is 3.02. The van der Waals surface area contributed by atoms with Gasteiger partial charge in [0.2, 0.25) is 0 Å². The average Bonchev–Trinajstić information content (AvgIpc) is 2.90. The molecule has 0 amide bonds. The number of aromatic nitrogens is 3. The molecule has 0 aliphatic heterocycles. The molecule has 2 aromatic rings. The van der Waals surface area contributed by atoms with Gasteiger partial charge < -0.3 is 0 Å². The summed E-state index contributed by atoms with van der Waals surface area (Å²) in [7, 11) is 1.85. The van der Waals surface area contributed by atoms with Crippen LogP contribution in [0.25, 0.3) is 0 Å². The van der Waals surface area contributed by atoms with Crippen LogP contribution in [0.4, 0.5) is 0 Å². The van der Waals surface area contributed by atoms with E-state index >= 15 is 0 Å². The first-order valence-corrected chi connectivity index (χ1v) is 7.39. The van der Waals surface area contributed by atoms with Crippen molar-refractivity contribution in [3.05, 3.63) is 42.2 Å². The Kier molecular flexibility index (Phi) is 4.77. The second-order valence-corrected chi connectivity index (χ2v) is 5.31. The Morgan fingerprint density at radius 2 is 2.15 bits per heavy atom. The van der Waals surface area contributed by atoms with Gasteiger partial charge in [-0.15, -0.1) is 0 Å². The van der Waals surface area contributed by atoms with Crippen molar-refractivity contribution in [3.8, 4) is 6.07 Å². The molecule has 0 fully saturated rings. The highest BCUT2D eigenvalue weighted by Crippen LogP contribution is 2.28. The van der Waals surface area contributed by atoms with E-state index in [9.17, 15) is 5.26 Å². The van der Waals surface area contributed by atoms with Crippen LogP contribution in [0.2, 0.25) is 0 Å². The quantitative estimate of drug-likeness (QED) is 0.822. The van der Waals surface area contributed by atoms with Crippen LogP contribution in [-0.4, -0.2) is 27.1 Å². The third-order valence-corrected chi connectivity index (χ3v) is 4.23. The van der Waals surface area contributed by atoms with E-state index in [1.165, 1.54) is 18.1 Å². The Bertz CT molecular complexity index is 589. The van der Waals surface area contributed by atoms with Crippen molar-refractivity contribution in [3.63, 3.8) is 0 Å². The zero-order valence-corrected chi connectivity index (χ0v) is 12.4. The van der Waals surface area contributed by atoms with Gasteiger partial charge in [0.05, 0.1) is 6.07 Å². The Labute approximate surface area is 123 Å². The number of thioether (sulfide) groups is 1. The molecule has 1 aromatic carbocycles. The van der Waals surface area contributed by atoms with Gasteiger partial charge in [-0.3, -0.25) is 5.32 Å². The number of nitrogens with one attached hydrogen (secondary N) is 1. The molecule has 1 N–H and O–H groups in total. The third kappa shape index (κ3) is 3.00. The molecule has 0 saturated carbocycles. The minimum Gasteiger partial charge on any atom is -0.295 e. The molecule has 0 bridgehead atoms. The predicted molar refractivity (Wildman–Crippen MR) is 79.1 cm³/mol. The van der Waals surface area contributed by atoms with Crippen molar-refractivity contribution < 1.29 is 0 Å². The van der Waals surface area contributed by atoms with E-state index in [4.69, 9.17) is 0 Å². The van der Waals surface area contributed by atoms with Crippen molar-refractivity contribution in [1.82, 2.24) is 20.1 Å². The molecular weight excluding hydrogens is 270 g/mol. The summed E-state index contributed by atoms with van der Waals surface area (Å²) in [6, 6.07) is 12.2. The summed E-state index contributed by atoms with van der Waals surface area (Å²) in [5, 5.41) is 17.8. The van der Waals surface area contributed by atoms with Gasteiger partial charge in [0, 0.05) is 12.8 Å². The molecule has 0 spiro atoms. The van der Waals surface area contributed by atoms with Gasteiger partial charge in [0.1, 0.15) is 11.9 Å². The number of nitrogens with zero attached hydrogens (tertiary/aromatic N) is 4. The lowest BCUT2D eigenvalue weighted by molar-refractivity contribution is 0.489. The van der Waals surface area contributed by atoms with Crippen LogP contribution in [0, 0.1) is 11.3 Å². The van der Waals surface area contributed by atoms with Gasteiger partial charge >= 0.3 is 0 Å². The fraction of sp³-hybridized carbons (Fsp3) is 0.357. The van der Waals surface area contributed by atoms with Crippen LogP contribution in [0.5, 0.6) is 0 Å². The molecule has 1 aromatic heterocycles. The highest BCUT2D eigenvalue weighted by atomic mass is 32.2. The van der Waals surface area contributed by atoms with Gasteiger partial charge in [-0.25, -0.2) is 9.67 Å². The molecule has 1 atom stereocenters. The molecule has 0 aliphatic carbocycles. The van der Waals surface area contributed by atoms with E-state index in [1.807, 2.05) is 44.3 Å². The molecule has 0 radical (unpaired) electrons. The average molecular weight is 287 g/mol. The van der Waals surface area contributed by atoms with Gasteiger partial charge in [0.15, 0.2) is 5.16 Å². The van der Waals surface area contributed by atoms with Crippen LogP contribution in [0.1, 0.15) is 12.5 Å². The highest BCUT2D eigenvalue weighted by molar-refractivity contribution is 7.99. The molecule has 20 heavy (non-hydrogen) atoms. The first kappa shape index (κ1) is 14.6. The predicted octanol–water partition coefficient (Wildman–Crippen LogP) is 1.94. The van der Waals surface area contributed by atoms with E-state index in [1.54, 1.807) is 4.68 Å². The monoisotopic (exact) mass is 287 g/mol. The maximum absolute atomic E-state index is 9.69. The molecule has 104 valence electrons. The molecule has 0 aliphatic rings. The third-order valence-electron chi connectivity index (χ3n) is 3.02. The number of benzene rings is 1. The van der Waals surface area contributed by atoms with Crippen molar-refractivity contribution in [2.75, 3.05) is 12.3 Å². The summed E-state index contributed by atoms with van der Waals surface area (Å²) in [5.41, 5.74) is 0.256. The van der Waals surface area contributed by atoms with Crippen LogP contribution in [0.3, 0.4) is 0 Å². The van der Waals surface area contributed by atoms with E-state index < -0.39 is 5.54 Å². The first-order valence-electron chi connectivity index (χ1n) is 6.40. The van der Waals surface area contributed by atoms with Gasteiger partial charge in [-0.05, 0) is 12.1 Å². The topological polar surface area (TPSA) is 66.5 Å². The lowest BCUT2D eigenvalue weighted by Gasteiger charge is -2.27. The molecule has 1 heterocycles. The molecule has 2 rings (SSSR count). The number of hydrogen-bond donors (Lipinski definition) is 1. The number of aryl methyl sites for hydroxylation is 1. The van der Waals surface area contributed by atoms with Crippen LogP contribution >= 0.6 is 11.8 Å².